The predicted molar refractivity (Wildman–Crippen MR) is 127 cm³/mol. The average Bonchev–Trinajstić information content (AvgIpc) is 3.42. The number of benzene rings is 2. The largest absolute Gasteiger partial charge is 0.493 e. The molecule has 4 aromatic rings. The SMILES string of the molecule is CCc1cccc(C)c1NC(=O)CSc1nnc(-c2cc3cccc(OC)c3o2)n1CC. The van der Waals surface area contributed by atoms with E-state index in [0.717, 1.165) is 28.6 Å². The minimum absolute atomic E-state index is 0.0697. The van der Waals surface area contributed by atoms with Crippen molar-refractivity contribution in [1.82, 2.24) is 14.8 Å². The van der Waals surface area contributed by atoms with Crippen LogP contribution in [0.3, 0.4) is 0 Å². The second-order valence-corrected chi connectivity index (χ2v) is 8.28. The Morgan fingerprint density at radius 1 is 1.19 bits per heavy atom. The van der Waals surface area contributed by atoms with Gasteiger partial charge in [-0.2, -0.15) is 0 Å². The molecule has 0 aliphatic heterocycles. The summed E-state index contributed by atoms with van der Waals surface area (Å²) in [5.41, 5.74) is 3.76. The highest BCUT2D eigenvalue weighted by Crippen LogP contribution is 2.34. The Balaban J connectivity index is 1.52. The fourth-order valence-corrected chi connectivity index (χ4v) is 4.48. The summed E-state index contributed by atoms with van der Waals surface area (Å²) in [6.45, 7) is 6.75. The quantitative estimate of drug-likeness (QED) is 0.366. The summed E-state index contributed by atoms with van der Waals surface area (Å²) in [6, 6.07) is 13.7. The van der Waals surface area contributed by atoms with Gasteiger partial charge in [0.15, 0.2) is 22.2 Å². The Morgan fingerprint density at radius 3 is 2.75 bits per heavy atom. The third-order valence-corrected chi connectivity index (χ3v) is 6.28. The van der Waals surface area contributed by atoms with E-state index in [2.05, 4.69) is 22.4 Å². The van der Waals surface area contributed by atoms with Crippen LogP contribution in [0.2, 0.25) is 0 Å². The van der Waals surface area contributed by atoms with Crippen molar-refractivity contribution in [1.29, 1.82) is 0 Å². The number of nitrogens with zero attached hydrogens (tertiary/aromatic N) is 3. The average molecular weight is 451 g/mol. The van der Waals surface area contributed by atoms with Crippen molar-refractivity contribution in [3.05, 3.63) is 53.6 Å². The van der Waals surface area contributed by atoms with E-state index < -0.39 is 0 Å². The summed E-state index contributed by atoms with van der Waals surface area (Å²) in [5.74, 6) is 2.08. The summed E-state index contributed by atoms with van der Waals surface area (Å²) in [5, 5.41) is 13.3. The summed E-state index contributed by atoms with van der Waals surface area (Å²) in [4.78, 5) is 12.6. The molecule has 0 aliphatic rings. The lowest BCUT2D eigenvalue weighted by atomic mass is 10.1. The second kappa shape index (κ2) is 9.48. The maximum absolute atomic E-state index is 12.6. The van der Waals surface area contributed by atoms with E-state index in [1.807, 2.05) is 60.9 Å². The van der Waals surface area contributed by atoms with E-state index in [1.165, 1.54) is 11.8 Å². The maximum atomic E-state index is 12.6. The van der Waals surface area contributed by atoms with Gasteiger partial charge < -0.3 is 14.5 Å². The lowest BCUT2D eigenvalue weighted by Crippen LogP contribution is -2.16. The monoisotopic (exact) mass is 450 g/mol. The number of nitrogens with one attached hydrogen (secondary N) is 1. The molecular formula is C24H26N4O3S. The highest BCUT2D eigenvalue weighted by Gasteiger charge is 2.19. The van der Waals surface area contributed by atoms with Crippen molar-refractivity contribution >= 4 is 34.3 Å². The van der Waals surface area contributed by atoms with Gasteiger partial charge in [0.05, 0.1) is 12.9 Å². The number of rotatable bonds is 8. The number of hydrogen-bond acceptors (Lipinski definition) is 6. The fraction of sp³-hybridized carbons (Fsp3) is 0.292. The molecule has 4 rings (SSSR count). The molecule has 32 heavy (non-hydrogen) atoms. The molecule has 0 aliphatic carbocycles. The summed E-state index contributed by atoms with van der Waals surface area (Å²) < 4.78 is 13.4. The predicted octanol–water partition coefficient (Wildman–Crippen LogP) is 5.32. The number of anilines is 1. The van der Waals surface area contributed by atoms with Crippen LogP contribution < -0.4 is 10.1 Å². The third-order valence-electron chi connectivity index (χ3n) is 5.32. The Kier molecular flexibility index (Phi) is 6.50. The van der Waals surface area contributed by atoms with Crippen LogP contribution in [-0.4, -0.2) is 33.5 Å². The van der Waals surface area contributed by atoms with Gasteiger partial charge in [0.25, 0.3) is 0 Å². The fourth-order valence-electron chi connectivity index (χ4n) is 3.68. The van der Waals surface area contributed by atoms with Gasteiger partial charge in [0.2, 0.25) is 11.7 Å². The van der Waals surface area contributed by atoms with Crippen LogP contribution in [-0.2, 0) is 17.8 Å². The van der Waals surface area contributed by atoms with Gasteiger partial charge in [-0.1, -0.05) is 49.0 Å². The standard InChI is InChI=1S/C24H26N4O3S/c1-5-16-10-7-9-15(3)21(16)25-20(29)14-32-24-27-26-23(28(24)6-2)19-13-17-11-8-12-18(30-4)22(17)31-19/h7-13H,5-6,14H2,1-4H3,(H,25,29). The molecule has 2 aromatic carbocycles. The molecular weight excluding hydrogens is 424 g/mol. The van der Waals surface area contributed by atoms with Crippen LogP contribution in [0.4, 0.5) is 5.69 Å². The van der Waals surface area contributed by atoms with Crippen LogP contribution in [0.1, 0.15) is 25.0 Å². The highest BCUT2D eigenvalue weighted by atomic mass is 32.2. The lowest BCUT2D eigenvalue weighted by Gasteiger charge is -2.13. The number of aryl methyl sites for hydroxylation is 2. The van der Waals surface area contributed by atoms with Crippen LogP contribution in [0.5, 0.6) is 5.75 Å². The number of carbonyl (C=O) groups excluding carboxylic acids is 1. The van der Waals surface area contributed by atoms with Crippen LogP contribution in [0, 0.1) is 6.92 Å². The van der Waals surface area contributed by atoms with Crippen LogP contribution in [0.15, 0.2) is 52.0 Å². The van der Waals surface area contributed by atoms with Crippen LogP contribution >= 0.6 is 11.8 Å². The van der Waals surface area contributed by atoms with Gasteiger partial charge in [-0.05, 0) is 43.5 Å². The number of para-hydroxylation sites is 2. The molecule has 8 heteroatoms. The van der Waals surface area contributed by atoms with Crippen molar-refractivity contribution in [2.24, 2.45) is 0 Å². The zero-order valence-corrected chi connectivity index (χ0v) is 19.5. The van der Waals surface area contributed by atoms with E-state index in [9.17, 15) is 4.79 Å². The van der Waals surface area contributed by atoms with Gasteiger partial charge >= 0.3 is 0 Å². The van der Waals surface area contributed by atoms with Crippen molar-refractivity contribution < 1.29 is 13.9 Å². The number of aromatic nitrogens is 3. The molecule has 0 saturated heterocycles. The Bertz CT molecular complexity index is 1260. The number of carbonyl (C=O) groups is 1. The summed E-state index contributed by atoms with van der Waals surface area (Å²) in [6.07, 6.45) is 0.861. The van der Waals surface area contributed by atoms with Crippen molar-refractivity contribution in [3.8, 4) is 17.3 Å². The number of ether oxygens (including phenoxy) is 1. The first-order valence-corrected chi connectivity index (χ1v) is 11.6. The van der Waals surface area contributed by atoms with Gasteiger partial charge in [-0.15, -0.1) is 10.2 Å². The number of fused-ring (bicyclic) bond motifs is 1. The van der Waals surface area contributed by atoms with E-state index >= 15 is 0 Å². The molecule has 0 unspecified atom stereocenters. The molecule has 0 bridgehead atoms. The normalized spacial score (nSPS) is 11.1. The molecule has 1 N–H and O–H groups in total. The molecule has 7 nitrogen and oxygen atoms in total. The number of methoxy groups -OCH3 is 1. The van der Waals surface area contributed by atoms with E-state index in [0.29, 0.717) is 34.6 Å². The zero-order valence-electron chi connectivity index (χ0n) is 18.6. The highest BCUT2D eigenvalue weighted by molar-refractivity contribution is 7.99. The van der Waals surface area contributed by atoms with Crippen molar-refractivity contribution in [2.75, 3.05) is 18.2 Å². The molecule has 0 fully saturated rings. The molecule has 1 amide bonds. The van der Waals surface area contributed by atoms with Gasteiger partial charge in [-0.3, -0.25) is 9.36 Å². The smallest absolute Gasteiger partial charge is 0.234 e. The summed E-state index contributed by atoms with van der Waals surface area (Å²) in [7, 11) is 1.62. The van der Waals surface area contributed by atoms with E-state index in [1.54, 1.807) is 7.11 Å². The number of hydrogen-bond donors (Lipinski definition) is 1. The second-order valence-electron chi connectivity index (χ2n) is 7.34. The molecule has 0 saturated carbocycles. The minimum Gasteiger partial charge on any atom is -0.493 e. The first-order valence-electron chi connectivity index (χ1n) is 10.6. The van der Waals surface area contributed by atoms with E-state index in [4.69, 9.17) is 9.15 Å². The molecule has 0 spiro atoms. The first kappa shape index (κ1) is 22.0. The van der Waals surface area contributed by atoms with Gasteiger partial charge in [0.1, 0.15) is 0 Å². The summed E-state index contributed by atoms with van der Waals surface area (Å²) >= 11 is 1.36. The van der Waals surface area contributed by atoms with Crippen molar-refractivity contribution in [2.45, 2.75) is 38.9 Å². The molecule has 2 heterocycles. The third kappa shape index (κ3) is 4.23. The Morgan fingerprint density at radius 2 is 2.00 bits per heavy atom. The molecule has 0 radical (unpaired) electrons. The lowest BCUT2D eigenvalue weighted by molar-refractivity contribution is -0.113. The zero-order chi connectivity index (χ0) is 22.7. The number of amides is 1. The minimum atomic E-state index is -0.0697. The first-order chi connectivity index (χ1) is 15.5. The van der Waals surface area contributed by atoms with E-state index in [-0.39, 0.29) is 11.7 Å². The Hall–Kier alpha value is -3.26. The number of furan rings is 1. The molecule has 0 atom stereocenters. The molecule has 2 aromatic heterocycles. The van der Waals surface area contributed by atoms with Crippen molar-refractivity contribution in [3.63, 3.8) is 0 Å². The number of thioether (sulfide) groups is 1. The van der Waals surface area contributed by atoms with Gasteiger partial charge in [-0.25, -0.2) is 0 Å². The van der Waals surface area contributed by atoms with Crippen LogP contribution in [0.25, 0.3) is 22.6 Å². The van der Waals surface area contributed by atoms with Gasteiger partial charge in [0, 0.05) is 17.6 Å². The maximum Gasteiger partial charge on any atom is 0.234 e. The Labute approximate surface area is 191 Å². The molecule has 166 valence electrons. The topological polar surface area (TPSA) is 82.2 Å².